The Bertz CT molecular complexity index is 745. The zero-order chi connectivity index (χ0) is 17.5. The molecule has 24 heavy (non-hydrogen) atoms. The van der Waals surface area contributed by atoms with Crippen LogP contribution in [0.1, 0.15) is 22.8 Å². The zero-order valence-electron chi connectivity index (χ0n) is 13.2. The second kappa shape index (κ2) is 8.35. The van der Waals surface area contributed by atoms with E-state index in [2.05, 4.69) is 26.5 Å². The summed E-state index contributed by atoms with van der Waals surface area (Å²) in [6, 6.07) is 9.47. The van der Waals surface area contributed by atoms with Gasteiger partial charge in [-0.1, -0.05) is 0 Å². The van der Waals surface area contributed by atoms with Gasteiger partial charge in [0.15, 0.2) is 11.5 Å². The topological polar surface area (TPSA) is 80.2 Å². The lowest BCUT2D eigenvalue weighted by atomic mass is 10.2. The number of amides is 1. The number of hydrogen-bond donors (Lipinski definition) is 2. The van der Waals surface area contributed by atoms with Crippen molar-refractivity contribution in [2.24, 2.45) is 5.10 Å². The van der Waals surface area contributed by atoms with Crippen molar-refractivity contribution in [2.75, 3.05) is 13.7 Å². The molecular formula is C17H17BrN2O4. The number of carbonyl (C=O) groups is 1. The summed E-state index contributed by atoms with van der Waals surface area (Å²) in [6.07, 6.45) is 1.50. The highest BCUT2D eigenvalue weighted by Crippen LogP contribution is 2.36. The van der Waals surface area contributed by atoms with Gasteiger partial charge in [0.2, 0.25) is 0 Å². The van der Waals surface area contributed by atoms with Gasteiger partial charge in [0.25, 0.3) is 5.91 Å². The first-order valence-electron chi connectivity index (χ1n) is 7.18. The van der Waals surface area contributed by atoms with Gasteiger partial charge in [-0.3, -0.25) is 4.79 Å². The number of phenolic OH excluding ortho intramolecular Hbond substituents is 1. The summed E-state index contributed by atoms with van der Waals surface area (Å²) in [5.74, 6) is 0.910. The van der Waals surface area contributed by atoms with Crippen LogP contribution in [0.2, 0.25) is 0 Å². The predicted octanol–water partition coefficient (Wildman–Crippen LogP) is 3.33. The van der Waals surface area contributed by atoms with Crippen LogP contribution in [-0.4, -0.2) is 30.9 Å². The molecule has 0 spiro atoms. The molecule has 0 bridgehead atoms. The Morgan fingerprint density at radius 2 is 2.04 bits per heavy atom. The number of ether oxygens (including phenoxy) is 2. The Morgan fingerprint density at radius 1 is 1.33 bits per heavy atom. The molecule has 0 saturated carbocycles. The molecule has 0 unspecified atom stereocenters. The van der Waals surface area contributed by atoms with E-state index in [1.807, 2.05) is 6.92 Å². The van der Waals surface area contributed by atoms with Gasteiger partial charge in [-0.25, -0.2) is 5.43 Å². The van der Waals surface area contributed by atoms with Crippen LogP contribution < -0.4 is 14.9 Å². The van der Waals surface area contributed by atoms with E-state index in [1.54, 1.807) is 19.2 Å². The molecular weight excluding hydrogens is 376 g/mol. The molecule has 2 N–H and O–H groups in total. The van der Waals surface area contributed by atoms with Crippen molar-refractivity contribution < 1.29 is 19.4 Å². The standard InChI is InChI=1S/C17H17BrN2O4/c1-3-24-15-9-11(8-14(18)16(15)23-2)10-19-20-17(22)12-4-6-13(21)7-5-12/h4-10,21H,3H2,1-2H3,(H,20,22)/b19-10-. The van der Waals surface area contributed by atoms with Crippen molar-refractivity contribution in [3.63, 3.8) is 0 Å². The number of benzene rings is 2. The average molecular weight is 393 g/mol. The highest BCUT2D eigenvalue weighted by atomic mass is 79.9. The van der Waals surface area contributed by atoms with Crippen LogP contribution >= 0.6 is 15.9 Å². The Balaban J connectivity index is 2.11. The van der Waals surface area contributed by atoms with Crippen molar-refractivity contribution in [1.82, 2.24) is 5.43 Å². The molecule has 2 aromatic rings. The van der Waals surface area contributed by atoms with Crippen molar-refractivity contribution >= 4 is 28.1 Å². The molecule has 1 amide bonds. The van der Waals surface area contributed by atoms with E-state index >= 15 is 0 Å². The van der Waals surface area contributed by atoms with Crippen LogP contribution in [0.15, 0.2) is 46.0 Å². The first-order chi connectivity index (χ1) is 11.5. The molecule has 0 aliphatic rings. The summed E-state index contributed by atoms with van der Waals surface area (Å²) in [5, 5.41) is 13.1. The molecule has 7 heteroatoms. The third-order valence-corrected chi connectivity index (χ3v) is 3.63. The van der Waals surface area contributed by atoms with Crippen molar-refractivity contribution in [3.05, 3.63) is 52.0 Å². The predicted molar refractivity (Wildman–Crippen MR) is 95.0 cm³/mol. The van der Waals surface area contributed by atoms with Gasteiger partial charge in [-0.2, -0.15) is 5.10 Å². The number of methoxy groups -OCH3 is 1. The first kappa shape index (κ1) is 17.8. The molecule has 0 aromatic heterocycles. The fourth-order valence-corrected chi connectivity index (χ4v) is 2.59. The lowest BCUT2D eigenvalue weighted by Crippen LogP contribution is -2.17. The highest BCUT2D eigenvalue weighted by Gasteiger charge is 2.10. The fourth-order valence-electron chi connectivity index (χ4n) is 1.97. The maximum Gasteiger partial charge on any atom is 0.271 e. The fraction of sp³-hybridized carbons (Fsp3) is 0.176. The molecule has 0 saturated heterocycles. The van der Waals surface area contributed by atoms with Gasteiger partial charge in [-0.05, 0) is 64.8 Å². The van der Waals surface area contributed by atoms with Gasteiger partial charge >= 0.3 is 0 Å². The number of carbonyl (C=O) groups excluding carboxylic acids is 1. The summed E-state index contributed by atoms with van der Waals surface area (Å²) in [6.45, 7) is 2.38. The van der Waals surface area contributed by atoms with Crippen LogP contribution in [-0.2, 0) is 0 Å². The van der Waals surface area contributed by atoms with E-state index in [0.717, 1.165) is 10.0 Å². The first-order valence-corrected chi connectivity index (χ1v) is 7.97. The number of nitrogens with zero attached hydrogens (tertiary/aromatic N) is 1. The van der Waals surface area contributed by atoms with Gasteiger partial charge < -0.3 is 14.6 Å². The van der Waals surface area contributed by atoms with Crippen LogP contribution in [0.25, 0.3) is 0 Å². The Labute approximate surface area is 148 Å². The van der Waals surface area contributed by atoms with Gasteiger partial charge in [0, 0.05) is 5.56 Å². The average Bonchev–Trinajstić information content (AvgIpc) is 2.55. The molecule has 0 aliphatic heterocycles. The minimum absolute atomic E-state index is 0.0987. The smallest absolute Gasteiger partial charge is 0.271 e. The van der Waals surface area contributed by atoms with Crippen LogP contribution in [0.5, 0.6) is 17.2 Å². The number of aromatic hydroxyl groups is 1. The SMILES string of the molecule is CCOc1cc(/C=N\NC(=O)c2ccc(O)cc2)cc(Br)c1OC. The second-order valence-electron chi connectivity index (χ2n) is 4.71. The molecule has 0 fully saturated rings. The molecule has 0 heterocycles. The lowest BCUT2D eigenvalue weighted by Gasteiger charge is -2.11. The quantitative estimate of drug-likeness (QED) is 0.583. The number of phenols is 1. The van der Waals surface area contributed by atoms with Crippen LogP contribution in [0.3, 0.4) is 0 Å². The number of nitrogens with one attached hydrogen (secondary N) is 1. The Morgan fingerprint density at radius 3 is 2.67 bits per heavy atom. The highest BCUT2D eigenvalue weighted by molar-refractivity contribution is 9.10. The van der Waals surface area contributed by atoms with E-state index in [0.29, 0.717) is 23.7 Å². The normalized spacial score (nSPS) is 10.6. The zero-order valence-corrected chi connectivity index (χ0v) is 14.8. The van der Waals surface area contributed by atoms with Crippen molar-refractivity contribution in [2.45, 2.75) is 6.92 Å². The van der Waals surface area contributed by atoms with Gasteiger partial charge in [0.05, 0.1) is 24.4 Å². The largest absolute Gasteiger partial charge is 0.508 e. The third-order valence-electron chi connectivity index (χ3n) is 3.05. The summed E-state index contributed by atoms with van der Waals surface area (Å²) >= 11 is 3.41. The van der Waals surface area contributed by atoms with E-state index in [4.69, 9.17) is 9.47 Å². The minimum Gasteiger partial charge on any atom is -0.508 e. The molecule has 0 aliphatic carbocycles. The molecule has 126 valence electrons. The van der Waals surface area contributed by atoms with E-state index in [9.17, 15) is 9.90 Å². The van der Waals surface area contributed by atoms with Crippen LogP contribution in [0, 0.1) is 0 Å². The Hall–Kier alpha value is -2.54. The van der Waals surface area contributed by atoms with E-state index in [-0.39, 0.29) is 11.7 Å². The van der Waals surface area contributed by atoms with Gasteiger partial charge in [-0.15, -0.1) is 0 Å². The summed E-state index contributed by atoms with van der Waals surface area (Å²) in [5.41, 5.74) is 3.56. The van der Waals surface area contributed by atoms with Crippen molar-refractivity contribution in [1.29, 1.82) is 0 Å². The lowest BCUT2D eigenvalue weighted by molar-refractivity contribution is 0.0955. The van der Waals surface area contributed by atoms with Gasteiger partial charge in [0.1, 0.15) is 5.75 Å². The third kappa shape index (κ3) is 4.48. The number of hydrazone groups is 1. The molecule has 6 nitrogen and oxygen atoms in total. The summed E-state index contributed by atoms with van der Waals surface area (Å²) in [4.78, 5) is 11.9. The maximum atomic E-state index is 11.9. The van der Waals surface area contributed by atoms with E-state index in [1.165, 1.54) is 30.5 Å². The molecule has 0 radical (unpaired) electrons. The van der Waals surface area contributed by atoms with Crippen molar-refractivity contribution in [3.8, 4) is 17.2 Å². The number of halogens is 1. The summed E-state index contributed by atoms with van der Waals surface area (Å²) < 4.78 is 11.5. The minimum atomic E-state index is -0.371. The maximum absolute atomic E-state index is 11.9. The monoisotopic (exact) mass is 392 g/mol. The molecule has 2 rings (SSSR count). The number of hydrogen-bond acceptors (Lipinski definition) is 5. The molecule has 2 aromatic carbocycles. The molecule has 0 atom stereocenters. The Kier molecular flexibility index (Phi) is 6.20. The van der Waals surface area contributed by atoms with Crippen LogP contribution in [0.4, 0.5) is 0 Å². The number of rotatable bonds is 6. The van der Waals surface area contributed by atoms with E-state index < -0.39 is 0 Å². The summed E-state index contributed by atoms with van der Waals surface area (Å²) in [7, 11) is 1.56. The second-order valence-corrected chi connectivity index (χ2v) is 5.57.